The largest absolute Gasteiger partial charge is 0.504 e. The van der Waals surface area contributed by atoms with Gasteiger partial charge in [0.1, 0.15) is 0 Å². The molecule has 0 saturated heterocycles. The average molecular weight is 280 g/mol. The highest BCUT2D eigenvalue weighted by atomic mass is 127. The number of hydrogen-bond acceptors (Lipinski definition) is 4. The number of phenols is 3. The molecule has 0 fully saturated rings. The third kappa shape index (κ3) is 1.31. The van der Waals surface area contributed by atoms with E-state index in [0.717, 1.165) is 6.07 Å². The summed E-state index contributed by atoms with van der Waals surface area (Å²) in [6, 6.07) is 1.09. The topological polar surface area (TPSA) is 77.8 Å². The number of rotatable bonds is 1. The Morgan fingerprint density at radius 3 is 2.33 bits per heavy atom. The number of hydrogen-bond donors (Lipinski definition) is 3. The smallest absolute Gasteiger partial charge is 0.201 e. The van der Waals surface area contributed by atoms with E-state index in [1.165, 1.54) is 0 Å². The monoisotopic (exact) mass is 280 g/mol. The quantitative estimate of drug-likeness (QED) is 0.410. The summed E-state index contributed by atoms with van der Waals surface area (Å²) in [7, 11) is 0. The Hall–Kier alpha value is -0.980. The highest BCUT2D eigenvalue weighted by Crippen LogP contribution is 2.39. The van der Waals surface area contributed by atoms with Crippen molar-refractivity contribution in [3.63, 3.8) is 0 Å². The summed E-state index contributed by atoms with van der Waals surface area (Å²) in [5.74, 6) is -1.59. The number of benzene rings is 1. The molecule has 1 aromatic rings. The first-order chi connectivity index (χ1) is 5.57. The van der Waals surface area contributed by atoms with Crippen molar-refractivity contribution in [1.82, 2.24) is 0 Å². The van der Waals surface area contributed by atoms with Gasteiger partial charge in [-0.2, -0.15) is 0 Å². The minimum atomic E-state index is -0.606. The highest BCUT2D eigenvalue weighted by Gasteiger charge is 2.13. The minimum absolute atomic E-state index is 0.142. The highest BCUT2D eigenvalue weighted by molar-refractivity contribution is 14.1. The van der Waals surface area contributed by atoms with Gasteiger partial charge in [0.05, 0.1) is 3.57 Å². The lowest BCUT2D eigenvalue weighted by molar-refractivity contribution is 0.112. The molecule has 0 spiro atoms. The molecule has 0 atom stereocenters. The van der Waals surface area contributed by atoms with Gasteiger partial charge >= 0.3 is 0 Å². The van der Waals surface area contributed by atoms with Gasteiger partial charge in [-0.15, -0.1) is 0 Å². The van der Waals surface area contributed by atoms with E-state index in [-0.39, 0.29) is 9.13 Å². The number of phenolic OH excluding ortho intramolecular Hbond substituents is 3. The molecule has 3 N–H and O–H groups in total. The summed E-state index contributed by atoms with van der Waals surface area (Å²) >= 11 is 1.69. The van der Waals surface area contributed by atoms with Crippen LogP contribution in [0.15, 0.2) is 6.07 Å². The van der Waals surface area contributed by atoms with Crippen molar-refractivity contribution in [3.05, 3.63) is 15.2 Å². The summed E-state index contributed by atoms with van der Waals surface area (Å²) in [4.78, 5) is 10.3. The van der Waals surface area contributed by atoms with Crippen molar-refractivity contribution in [2.75, 3.05) is 0 Å². The molecule has 0 bridgehead atoms. The van der Waals surface area contributed by atoms with Crippen molar-refractivity contribution in [2.24, 2.45) is 0 Å². The maximum atomic E-state index is 10.3. The van der Waals surface area contributed by atoms with Crippen LogP contribution >= 0.6 is 22.6 Å². The first-order valence-corrected chi connectivity index (χ1v) is 4.04. The van der Waals surface area contributed by atoms with Crippen LogP contribution in [0.3, 0.4) is 0 Å². The van der Waals surface area contributed by atoms with Crippen molar-refractivity contribution < 1.29 is 20.1 Å². The molecule has 0 unspecified atom stereocenters. The van der Waals surface area contributed by atoms with Gasteiger partial charge in [0, 0.05) is 5.56 Å². The molecule has 5 heteroatoms. The Kier molecular flexibility index (Phi) is 2.41. The maximum absolute atomic E-state index is 10.3. The van der Waals surface area contributed by atoms with Crippen LogP contribution in [0.5, 0.6) is 17.2 Å². The lowest BCUT2D eigenvalue weighted by Gasteiger charge is -2.04. The normalized spacial score (nSPS) is 9.75. The standard InChI is InChI=1S/C7H5IO4/c8-5-3(2-9)1-4(10)6(11)7(5)12/h1-2,10-12H. The number of aldehydes is 1. The van der Waals surface area contributed by atoms with Gasteiger partial charge < -0.3 is 15.3 Å². The maximum Gasteiger partial charge on any atom is 0.201 e. The molecule has 0 saturated carbocycles. The molecule has 0 aliphatic rings. The molecule has 0 aliphatic heterocycles. The Bertz CT molecular complexity index is 335. The second-order valence-corrected chi connectivity index (χ2v) is 3.19. The zero-order valence-corrected chi connectivity index (χ0v) is 7.94. The summed E-state index contributed by atoms with van der Waals surface area (Å²) in [6.07, 6.45) is 0.487. The van der Waals surface area contributed by atoms with E-state index < -0.39 is 17.2 Å². The molecular weight excluding hydrogens is 275 g/mol. The molecule has 4 nitrogen and oxygen atoms in total. The molecule has 0 amide bonds. The van der Waals surface area contributed by atoms with Gasteiger partial charge in [0.25, 0.3) is 0 Å². The third-order valence-corrected chi connectivity index (χ3v) is 2.48. The first-order valence-electron chi connectivity index (χ1n) is 2.96. The van der Waals surface area contributed by atoms with Gasteiger partial charge in [0.15, 0.2) is 17.8 Å². The second-order valence-electron chi connectivity index (χ2n) is 2.11. The molecule has 0 aliphatic carbocycles. The molecule has 0 heterocycles. The van der Waals surface area contributed by atoms with E-state index in [0.29, 0.717) is 6.29 Å². The summed E-state index contributed by atoms with van der Waals surface area (Å²) in [5.41, 5.74) is 0.142. The van der Waals surface area contributed by atoms with E-state index in [4.69, 9.17) is 15.3 Å². The Morgan fingerprint density at radius 1 is 1.25 bits per heavy atom. The van der Waals surface area contributed by atoms with E-state index in [1.807, 2.05) is 0 Å². The number of carbonyl (C=O) groups is 1. The minimum Gasteiger partial charge on any atom is -0.504 e. The molecule has 12 heavy (non-hydrogen) atoms. The van der Waals surface area contributed by atoms with Crippen LogP contribution in [0.25, 0.3) is 0 Å². The fourth-order valence-corrected chi connectivity index (χ4v) is 1.27. The van der Waals surface area contributed by atoms with Crippen LogP contribution in [-0.4, -0.2) is 21.6 Å². The summed E-state index contributed by atoms with van der Waals surface area (Å²) < 4.78 is 0.220. The van der Waals surface area contributed by atoms with Crippen molar-refractivity contribution in [1.29, 1.82) is 0 Å². The lowest BCUT2D eigenvalue weighted by atomic mass is 10.2. The Morgan fingerprint density at radius 2 is 1.83 bits per heavy atom. The van der Waals surface area contributed by atoms with E-state index in [2.05, 4.69) is 0 Å². The first kappa shape index (κ1) is 9.11. The fourth-order valence-electron chi connectivity index (χ4n) is 0.727. The number of aromatic hydroxyl groups is 3. The van der Waals surface area contributed by atoms with Crippen molar-refractivity contribution in [3.8, 4) is 17.2 Å². The summed E-state index contributed by atoms with van der Waals surface area (Å²) in [6.45, 7) is 0. The van der Waals surface area contributed by atoms with E-state index in [9.17, 15) is 4.79 Å². The number of halogens is 1. The van der Waals surface area contributed by atoms with Crippen molar-refractivity contribution >= 4 is 28.9 Å². The van der Waals surface area contributed by atoms with Crippen LogP contribution in [0.1, 0.15) is 10.4 Å². The van der Waals surface area contributed by atoms with Crippen LogP contribution in [-0.2, 0) is 0 Å². The van der Waals surface area contributed by atoms with Crippen LogP contribution in [0, 0.1) is 3.57 Å². The summed E-state index contributed by atoms with van der Waals surface area (Å²) in [5, 5.41) is 27.1. The third-order valence-electron chi connectivity index (χ3n) is 1.35. The van der Waals surface area contributed by atoms with Gasteiger partial charge in [-0.25, -0.2) is 0 Å². The predicted octanol–water partition coefficient (Wildman–Crippen LogP) is 1.22. The lowest BCUT2D eigenvalue weighted by Crippen LogP contribution is -1.86. The van der Waals surface area contributed by atoms with Crippen LogP contribution in [0.2, 0.25) is 0 Å². The van der Waals surface area contributed by atoms with Gasteiger partial charge in [-0.1, -0.05) is 0 Å². The molecule has 0 radical (unpaired) electrons. The van der Waals surface area contributed by atoms with E-state index in [1.54, 1.807) is 22.6 Å². The zero-order chi connectivity index (χ0) is 9.30. The van der Waals surface area contributed by atoms with E-state index >= 15 is 0 Å². The Balaban J connectivity index is 3.49. The Labute approximate surface area is 81.6 Å². The molecule has 1 aromatic carbocycles. The van der Waals surface area contributed by atoms with Gasteiger partial charge in [0.2, 0.25) is 5.75 Å². The zero-order valence-electron chi connectivity index (χ0n) is 5.78. The molecule has 1 rings (SSSR count). The SMILES string of the molecule is O=Cc1cc(O)c(O)c(O)c1I. The molecular formula is C7H5IO4. The van der Waals surface area contributed by atoms with Crippen molar-refractivity contribution in [2.45, 2.75) is 0 Å². The second kappa shape index (κ2) is 3.18. The molecule has 64 valence electrons. The van der Waals surface area contributed by atoms with Gasteiger partial charge in [-0.05, 0) is 28.7 Å². The fraction of sp³-hybridized carbons (Fsp3) is 0. The molecule has 0 aromatic heterocycles. The van der Waals surface area contributed by atoms with Gasteiger partial charge in [-0.3, -0.25) is 4.79 Å². The number of carbonyl (C=O) groups excluding carboxylic acids is 1. The predicted molar refractivity (Wildman–Crippen MR) is 49.5 cm³/mol. The van der Waals surface area contributed by atoms with Crippen LogP contribution in [0.4, 0.5) is 0 Å². The van der Waals surface area contributed by atoms with Crippen LogP contribution < -0.4 is 0 Å². The average Bonchev–Trinajstić information content (AvgIpc) is 2.08.